The lowest BCUT2D eigenvalue weighted by atomic mass is 9.96. The Morgan fingerprint density at radius 3 is 2.33 bits per heavy atom. The van der Waals surface area contributed by atoms with Crippen molar-refractivity contribution in [1.82, 2.24) is 4.90 Å². The lowest BCUT2D eigenvalue weighted by molar-refractivity contribution is -0.147. The van der Waals surface area contributed by atoms with Crippen LogP contribution in [0.1, 0.15) is 24.0 Å². The number of rotatable bonds is 5. The van der Waals surface area contributed by atoms with Gasteiger partial charge in [-0.1, -0.05) is 42.5 Å². The molecule has 2 aliphatic heterocycles. The first kappa shape index (κ1) is 17.8. The van der Waals surface area contributed by atoms with Gasteiger partial charge in [-0.3, -0.25) is 9.69 Å². The van der Waals surface area contributed by atoms with Gasteiger partial charge in [0, 0.05) is 25.0 Å². The second-order valence-corrected chi connectivity index (χ2v) is 7.39. The molecule has 1 saturated heterocycles. The Balaban J connectivity index is 1.31. The number of para-hydroxylation sites is 1. The van der Waals surface area contributed by atoms with Crippen molar-refractivity contribution >= 4 is 17.2 Å². The average molecular weight is 362 g/mol. The van der Waals surface area contributed by atoms with Crippen molar-refractivity contribution in [3.05, 3.63) is 71.9 Å². The van der Waals surface area contributed by atoms with Gasteiger partial charge in [0.05, 0.1) is 13.0 Å². The summed E-state index contributed by atoms with van der Waals surface area (Å²) in [6.45, 7) is 3.82. The predicted octanol–water partition coefficient (Wildman–Crippen LogP) is 3.93. The maximum Gasteiger partial charge on any atom is 0.308 e. The summed E-state index contributed by atoms with van der Waals surface area (Å²) in [6, 6.07) is 19.4. The molecule has 0 aliphatic carbocycles. The summed E-state index contributed by atoms with van der Waals surface area (Å²) < 4.78 is 4.86. The van der Waals surface area contributed by atoms with Crippen molar-refractivity contribution < 1.29 is 9.53 Å². The zero-order valence-corrected chi connectivity index (χ0v) is 15.8. The van der Waals surface area contributed by atoms with Crippen molar-refractivity contribution in [2.75, 3.05) is 31.6 Å². The molecule has 0 N–H and O–H groups in total. The van der Waals surface area contributed by atoms with E-state index in [1.807, 2.05) is 6.07 Å². The van der Waals surface area contributed by atoms with Crippen molar-refractivity contribution in [1.29, 1.82) is 0 Å². The van der Waals surface area contributed by atoms with Crippen molar-refractivity contribution in [2.24, 2.45) is 5.92 Å². The lowest BCUT2D eigenvalue weighted by Gasteiger charge is -2.32. The standard InChI is InChI=1S/C23H26N2O2/c1-27-23(26)20-11-13-24(14-12-20)15-18-7-9-19(10-8-18)21-16-25(17-21)22-5-3-2-4-6-22/h2-10,16,20H,11-15,17H2,1H3. The van der Waals surface area contributed by atoms with Gasteiger partial charge in [-0.15, -0.1) is 0 Å². The van der Waals surface area contributed by atoms with E-state index >= 15 is 0 Å². The highest BCUT2D eigenvalue weighted by Crippen LogP contribution is 2.30. The molecule has 1 fully saturated rings. The van der Waals surface area contributed by atoms with Crippen LogP contribution in [-0.2, 0) is 16.1 Å². The fourth-order valence-electron chi connectivity index (χ4n) is 3.87. The van der Waals surface area contributed by atoms with E-state index < -0.39 is 0 Å². The van der Waals surface area contributed by atoms with Crippen LogP contribution in [0.5, 0.6) is 0 Å². The summed E-state index contributed by atoms with van der Waals surface area (Å²) in [5, 5.41) is 0. The number of ether oxygens (including phenoxy) is 1. The normalized spacial score (nSPS) is 18.0. The van der Waals surface area contributed by atoms with Gasteiger partial charge < -0.3 is 9.64 Å². The van der Waals surface area contributed by atoms with E-state index in [-0.39, 0.29) is 11.9 Å². The minimum Gasteiger partial charge on any atom is -0.469 e. The summed E-state index contributed by atoms with van der Waals surface area (Å²) in [5.41, 5.74) is 5.25. The third-order valence-electron chi connectivity index (χ3n) is 5.59. The highest BCUT2D eigenvalue weighted by molar-refractivity contribution is 5.80. The largest absolute Gasteiger partial charge is 0.469 e. The first-order chi connectivity index (χ1) is 13.2. The third-order valence-corrected chi connectivity index (χ3v) is 5.59. The monoisotopic (exact) mass is 362 g/mol. The first-order valence-corrected chi connectivity index (χ1v) is 9.65. The van der Waals surface area contributed by atoms with Crippen LogP contribution in [0, 0.1) is 5.92 Å². The number of hydrogen-bond donors (Lipinski definition) is 0. The molecule has 0 bridgehead atoms. The van der Waals surface area contributed by atoms with E-state index in [0.29, 0.717) is 0 Å². The molecule has 4 rings (SSSR count). The molecule has 0 radical (unpaired) electrons. The number of anilines is 1. The van der Waals surface area contributed by atoms with E-state index in [1.165, 1.54) is 29.5 Å². The molecule has 2 aromatic rings. The minimum absolute atomic E-state index is 0.0580. The van der Waals surface area contributed by atoms with Crippen LogP contribution >= 0.6 is 0 Å². The van der Waals surface area contributed by atoms with Gasteiger partial charge in [-0.2, -0.15) is 0 Å². The topological polar surface area (TPSA) is 32.8 Å². The molecule has 2 aromatic carbocycles. The summed E-state index contributed by atoms with van der Waals surface area (Å²) in [4.78, 5) is 16.3. The molecule has 0 spiro atoms. The Kier molecular flexibility index (Phi) is 5.26. The lowest BCUT2D eigenvalue weighted by Crippen LogP contribution is -2.36. The number of carbonyl (C=O) groups is 1. The number of nitrogens with zero attached hydrogens (tertiary/aromatic N) is 2. The number of likely N-dealkylation sites (tertiary alicyclic amines) is 1. The molecule has 4 heteroatoms. The molecule has 0 amide bonds. The van der Waals surface area contributed by atoms with Gasteiger partial charge in [-0.05, 0) is 54.8 Å². The molecule has 140 valence electrons. The van der Waals surface area contributed by atoms with E-state index in [1.54, 1.807) is 0 Å². The van der Waals surface area contributed by atoms with Crippen LogP contribution in [0.3, 0.4) is 0 Å². The Morgan fingerprint density at radius 1 is 1.04 bits per heavy atom. The maximum absolute atomic E-state index is 11.6. The average Bonchev–Trinajstić information content (AvgIpc) is 2.69. The summed E-state index contributed by atoms with van der Waals surface area (Å²) >= 11 is 0. The quantitative estimate of drug-likeness (QED) is 0.755. The van der Waals surface area contributed by atoms with E-state index in [2.05, 4.69) is 64.5 Å². The van der Waals surface area contributed by atoms with Gasteiger partial charge in [0.25, 0.3) is 0 Å². The van der Waals surface area contributed by atoms with E-state index in [0.717, 1.165) is 39.0 Å². The summed E-state index contributed by atoms with van der Waals surface area (Å²) in [6.07, 6.45) is 4.02. The van der Waals surface area contributed by atoms with Crippen molar-refractivity contribution in [3.63, 3.8) is 0 Å². The SMILES string of the molecule is COC(=O)C1CCN(Cc2ccc(C3=CN(c4ccccc4)C3)cc2)CC1. The molecule has 27 heavy (non-hydrogen) atoms. The van der Waals surface area contributed by atoms with Gasteiger partial charge in [0.15, 0.2) is 0 Å². The maximum atomic E-state index is 11.6. The molecule has 4 nitrogen and oxygen atoms in total. The second kappa shape index (κ2) is 7.97. The number of carbonyl (C=O) groups excluding carboxylic acids is 1. The minimum atomic E-state index is -0.0580. The zero-order chi connectivity index (χ0) is 18.6. The van der Waals surface area contributed by atoms with E-state index in [4.69, 9.17) is 4.74 Å². The van der Waals surface area contributed by atoms with Crippen LogP contribution in [-0.4, -0.2) is 37.6 Å². The smallest absolute Gasteiger partial charge is 0.308 e. The van der Waals surface area contributed by atoms with Crippen LogP contribution in [0.4, 0.5) is 5.69 Å². The Bertz CT molecular complexity index is 806. The number of benzene rings is 2. The van der Waals surface area contributed by atoms with Gasteiger partial charge >= 0.3 is 5.97 Å². The second-order valence-electron chi connectivity index (χ2n) is 7.39. The third kappa shape index (κ3) is 4.06. The molecular formula is C23H26N2O2. The summed E-state index contributed by atoms with van der Waals surface area (Å²) in [7, 11) is 1.48. The molecule has 2 aliphatic rings. The highest BCUT2D eigenvalue weighted by Gasteiger charge is 2.25. The van der Waals surface area contributed by atoms with Crippen LogP contribution in [0.2, 0.25) is 0 Å². The zero-order valence-electron chi connectivity index (χ0n) is 15.8. The van der Waals surface area contributed by atoms with E-state index in [9.17, 15) is 4.79 Å². The Hall–Kier alpha value is -2.59. The molecule has 2 heterocycles. The molecule has 0 saturated carbocycles. The van der Waals surface area contributed by atoms with Crippen LogP contribution in [0.15, 0.2) is 60.8 Å². The number of esters is 1. The molecule has 0 atom stereocenters. The molecule has 0 aromatic heterocycles. The van der Waals surface area contributed by atoms with Crippen LogP contribution in [0.25, 0.3) is 5.57 Å². The highest BCUT2D eigenvalue weighted by atomic mass is 16.5. The van der Waals surface area contributed by atoms with Crippen LogP contribution < -0.4 is 4.90 Å². The van der Waals surface area contributed by atoms with Crippen molar-refractivity contribution in [3.8, 4) is 0 Å². The van der Waals surface area contributed by atoms with Gasteiger partial charge in [0.1, 0.15) is 0 Å². The predicted molar refractivity (Wildman–Crippen MR) is 108 cm³/mol. The molecular weight excluding hydrogens is 336 g/mol. The molecule has 0 unspecified atom stereocenters. The number of methoxy groups -OCH3 is 1. The van der Waals surface area contributed by atoms with Crippen molar-refractivity contribution in [2.45, 2.75) is 19.4 Å². The number of piperidine rings is 1. The summed E-state index contributed by atoms with van der Waals surface area (Å²) in [5.74, 6) is 0.0177. The number of hydrogen-bond acceptors (Lipinski definition) is 4. The van der Waals surface area contributed by atoms with Gasteiger partial charge in [0.2, 0.25) is 0 Å². The fourth-order valence-corrected chi connectivity index (χ4v) is 3.87. The van der Waals surface area contributed by atoms with Gasteiger partial charge in [-0.25, -0.2) is 0 Å². The first-order valence-electron chi connectivity index (χ1n) is 9.65. The Labute approximate surface area is 161 Å². The fraction of sp³-hybridized carbons (Fsp3) is 0.348. The Morgan fingerprint density at radius 2 is 1.70 bits per heavy atom.